The van der Waals surface area contributed by atoms with Crippen LogP contribution < -0.4 is 10.2 Å². The van der Waals surface area contributed by atoms with Gasteiger partial charge in [0.1, 0.15) is 0 Å². The summed E-state index contributed by atoms with van der Waals surface area (Å²) in [5.74, 6) is -0.555. The molecule has 31 heavy (non-hydrogen) atoms. The number of para-hydroxylation sites is 1. The average Bonchev–Trinajstić information content (AvgIpc) is 3.19. The summed E-state index contributed by atoms with van der Waals surface area (Å²) in [6, 6.07) is 17.4. The minimum absolute atomic E-state index is 0.0159. The third-order valence-electron chi connectivity index (χ3n) is 6.53. The first-order valence-corrected chi connectivity index (χ1v) is 11.7. The molecule has 5 rings (SSSR count). The van der Waals surface area contributed by atoms with Crippen LogP contribution in [0.15, 0.2) is 60.0 Å². The molecular formula is C25H25N3O2S. The second-order valence-corrected chi connectivity index (χ2v) is 9.30. The van der Waals surface area contributed by atoms with Crippen LogP contribution in [0.2, 0.25) is 0 Å². The number of nitrogens with one attached hydrogen (secondary N) is 1. The minimum atomic E-state index is -0.582. The van der Waals surface area contributed by atoms with Crippen molar-refractivity contribution in [2.24, 2.45) is 0 Å². The van der Waals surface area contributed by atoms with Crippen molar-refractivity contribution in [2.75, 3.05) is 10.2 Å². The second kappa shape index (κ2) is 7.93. The molecule has 6 heteroatoms. The first kappa shape index (κ1) is 19.9. The zero-order chi connectivity index (χ0) is 21.4. The highest BCUT2D eigenvalue weighted by molar-refractivity contribution is 7.13. The summed E-state index contributed by atoms with van der Waals surface area (Å²) in [7, 11) is 0. The maximum atomic E-state index is 13.8. The molecule has 2 aliphatic rings. The summed E-state index contributed by atoms with van der Waals surface area (Å²) in [4.78, 5) is 34.0. The molecule has 1 fully saturated rings. The van der Waals surface area contributed by atoms with Crippen molar-refractivity contribution >= 4 is 34.0 Å². The Kier molecular flexibility index (Phi) is 5.10. The van der Waals surface area contributed by atoms with E-state index in [1.54, 1.807) is 0 Å². The van der Waals surface area contributed by atoms with Gasteiger partial charge in [-0.1, -0.05) is 55.7 Å². The quantitative estimate of drug-likeness (QED) is 0.592. The molecule has 2 heterocycles. The molecule has 158 valence electrons. The van der Waals surface area contributed by atoms with Gasteiger partial charge in [0, 0.05) is 16.6 Å². The lowest BCUT2D eigenvalue weighted by Gasteiger charge is -2.53. The van der Waals surface area contributed by atoms with E-state index in [-0.39, 0.29) is 11.8 Å². The Morgan fingerprint density at radius 2 is 1.77 bits per heavy atom. The summed E-state index contributed by atoms with van der Waals surface area (Å²) >= 11 is 1.43. The number of thiazole rings is 1. The molecule has 0 radical (unpaired) electrons. The predicted molar refractivity (Wildman–Crippen MR) is 124 cm³/mol. The highest BCUT2D eigenvalue weighted by Gasteiger charge is 2.55. The standard InChI is InChI=1S/C25H25N3O2S/c1-17-16-31-24(26-17)27-22(29)21-19-12-6-7-13-20(19)23(30)28(18-10-4-2-5-11-18)25(21)14-8-3-9-15-25/h2,4-7,10-13,16,21H,3,8-9,14-15H2,1H3,(H,26,27,29)/t21-/m1/s1. The number of hydrogen-bond donors (Lipinski definition) is 1. The van der Waals surface area contributed by atoms with E-state index in [0.29, 0.717) is 10.7 Å². The number of benzene rings is 2. The monoisotopic (exact) mass is 431 g/mol. The minimum Gasteiger partial charge on any atom is -0.301 e. The second-order valence-electron chi connectivity index (χ2n) is 8.44. The zero-order valence-corrected chi connectivity index (χ0v) is 18.3. The van der Waals surface area contributed by atoms with Gasteiger partial charge < -0.3 is 10.2 Å². The summed E-state index contributed by atoms with van der Waals surface area (Å²) in [5.41, 5.74) is 2.59. The first-order chi connectivity index (χ1) is 15.1. The van der Waals surface area contributed by atoms with Gasteiger partial charge >= 0.3 is 0 Å². The van der Waals surface area contributed by atoms with Gasteiger partial charge in [-0.25, -0.2) is 4.98 Å². The van der Waals surface area contributed by atoms with Crippen LogP contribution in [0.4, 0.5) is 10.8 Å². The molecule has 3 aromatic rings. The Labute approximate surface area is 186 Å². The number of hydrogen-bond acceptors (Lipinski definition) is 4. The largest absolute Gasteiger partial charge is 0.301 e. The number of aryl methyl sites for hydroxylation is 1. The van der Waals surface area contributed by atoms with Gasteiger partial charge in [-0.05, 0) is 43.5 Å². The van der Waals surface area contributed by atoms with Gasteiger partial charge in [-0.15, -0.1) is 11.3 Å². The van der Waals surface area contributed by atoms with Gasteiger partial charge in [-0.2, -0.15) is 0 Å². The maximum Gasteiger partial charge on any atom is 0.259 e. The molecule has 1 N–H and O–H groups in total. The van der Waals surface area contributed by atoms with E-state index in [2.05, 4.69) is 10.3 Å². The number of amides is 2. The average molecular weight is 432 g/mol. The molecule has 1 saturated carbocycles. The molecule has 2 amide bonds. The van der Waals surface area contributed by atoms with Crippen LogP contribution in [-0.2, 0) is 4.79 Å². The Morgan fingerprint density at radius 1 is 1.06 bits per heavy atom. The number of aromatic nitrogens is 1. The molecule has 1 aliphatic carbocycles. The number of anilines is 2. The van der Waals surface area contributed by atoms with Gasteiger partial charge in [0.2, 0.25) is 5.91 Å². The molecule has 1 aliphatic heterocycles. The molecule has 0 unspecified atom stereocenters. The van der Waals surface area contributed by atoms with Crippen LogP contribution in [0, 0.1) is 6.92 Å². The van der Waals surface area contributed by atoms with Crippen LogP contribution in [0.25, 0.3) is 0 Å². The molecular weight excluding hydrogens is 406 g/mol. The number of carbonyl (C=O) groups excluding carboxylic acids is 2. The highest BCUT2D eigenvalue weighted by atomic mass is 32.1. The first-order valence-electron chi connectivity index (χ1n) is 10.8. The summed E-state index contributed by atoms with van der Waals surface area (Å²) in [6.45, 7) is 1.92. The Bertz CT molecular complexity index is 1120. The predicted octanol–water partition coefficient (Wildman–Crippen LogP) is 5.54. The molecule has 0 bridgehead atoms. The number of nitrogens with zero attached hydrogens (tertiary/aromatic N) is 2. The topological polar surface area (TPSA) is 62.3 Å². The molecule has 1 aromatic heterocycles. The fourth-order valence-electron chi connectivity index (χ4n) is 5.29. The van der Waals surface area contributed by atoms with E-state index < -0.39 is 11.5 Å². The lowest BCUT2D eigenvalue weighted by atomic mass is 9.65. The normalized spacial score (nSPS) is 19.8. The van der Waals surface area contributed by atoms with Crippen molar-refractivity contribution in [3.63, 3.8) is 0 Å². The van der Waals surface area contributed by atoms with Crippen LogP contribution >= 0.6 is 11.3 Å². The number of carbonyl (C=O) groups is 2. The Balaban J connectivity index is 1.68. The van der Waals surface area contributed by atoms with Crippen LogP contribution in [0.5, 0.6) is 0 Å². The van der Waals surface area contributed by atoms with Crippen molar-refractivity contribution in [3.8, 4) is 0 Å². The van der Waals surface area contributed by atoms with E-state index in [9.17, 15) is 9.59 Å². The lowest BCUT2D eigenvalue weighted by Crippen LogP contribution is -2.62. The third kappa shape index (κ3) is 3.35. The van der Waals surface area contributed by atoms with Crippen LogP contribution in [0.3, 0.4) is 0 Å². The molecule has 1 atom stereocenters. The smallest absolute Gasteiger partial charge is 0.259 e. The number of rotatable bonds is 3. The van der Waals surface area contributed by atoms with Crippen molar-refractivity contribution in [1.82, 2.24) is 4.98 Å². The zero-order valence-electron chi connectivity index (χ0n) is 17.5. The summed E-state index contributed by atoms with van der Waals surface area (Å²) in [5, 5.41) is 5.60. The maximum absolute atomic E-state index is 13.8. The Hall–Kier alpha value is -2.99. The van der Waals surface area contributed by atoms with Gasteiger partial charge in [0.05, 0.1) is 17.2 Å². The highest BCUT2D eigenvalue weighted by Crippen LogP contribution is 2.51. The van der Waals surface area contributed by atoms with Gasteiger partial charge in [0.15, 0.2) is 5.13 Å². The van der Waals surface area contributed by atoms with Crippen molar-refractivity contribution in [1.29, 1.82) is 0 Å². The molecule has 0 saturated heterocycles. The van der Waals surface area contributed by atoms with E-state index >= 15 is 0 Å². The molecule has 2 aromatic carbocycles. The van der Waals surface area contributed by atoms with E-state index in [0.717, 1.165) is 49.0 Å². The third-order valence-corrected chi connectivity index (χ3v) is 7.41. The van der Waals surface area contributed by atoms with E-state index in [1.165, 1.54) is 11.3 Å². The van der Waals surface area contributed by atoms with E-state index in [1.807, 2.05) is 71.8 Å². The van der Waals surface area contributed by atoms with Crippen LogP contribution in [-0.4, -0.2) is 22.3 Å². The number of fused-ring (bicyclic) bond motifs is 1. The lowest BCUT2D eigenvalue weighted by molar-refractivity contribution is -0.119. The van der Waals surface area contributed by atoms with Crippen LogP contribution in [0.1, 0.15) is 59.6 Å². The van der Waals surface area contributed by atoms with Crippen molar-refractivity contribution < 1.29 is 9.59 Å². The van der Waals surface area contributed by atoms with Gasteiger partial charge in [-0.3, -0.25) is 9.59 Å². The molecule has 1 spiro atoms. The van der Waals surface area contributed by atoms with Crippen molar-refractivity contribution in [3.05, 3.63) is 76.8 Å². The SMILES string of the molecule is Cc1csc(NC(=O)[C@H]2c3ccccc3C(=O)N(c3ccccc3)C23CCCCC3)n1. The molecule has 5 nitrogen and oxygen atoms in total. The fourth-order valence-corrected chi connectivity index (χ4v) is 5.98. The fraction of sp³-hybridized carbons (Fsp3) is 0.320. The summed E-state index contributed by atoms with van der Waals surface area (Å²) in [6.07, 6.45) is 4.73. The van der Waals surface area contributed by atoms with Crippen molar-refractivity contribution in [2.45, 2.75) is 50.5 Å². The van der Waals surface area contributed by atoms with E-state index in [4.69, 9.17) is 0 Å². The summed E-state index contributed by atoms with van der Waals surface area (Å²) < 4.78 is 0. The van der Waals surface area contributed by atoms with Gasteiger partial charge in [0.25, 0.3) is 5.91 Å². The Morgan fingerprint density at radius 3 is 2.48 bits per heavy atom.